The lowest BCUT2D eigenvalue weighted by molar-refractivity contribution is 0.00438. The number of benzene rings is 1. The van der Waals surface area contributed by atoms with Gasteiger partial charge in [0.25, 0.3) is 0 Å². The number of rotatable bonds is 3. The number of nitrogens with zero attached hydrogens (tertiary/aromatic N) is 1. The number of aliphatic hydroxyl groups is 1. The second kappa shape index (κ2) is 5.61. The standard InChI is InChI=1S/C15H21NO3/c1-3-15(18)9-10-16(12(15)2)14(17)19-11-13-7-5-4-6-8-13/h4-8,12,18H,3,9-11H2,1-2H3/t12-,15-/m0/s1. The topological polar surface area (TPSA) is 49.8 Å². The molecule has 0 aliphatic carbocycles. The summed E-state index contributed by atoms with van der Waals surface area (Å²) in [7, 11) is 0. The maximum Gasteiger partial charge on any atom is 0.410 e. The molecule has 0 unspecified atom stereocenters. The summed E-state index contributed by atoms with van der Waals surface area (Å²) in [6.07, 6.45) is 0.919. The Bertz CT molecular complexity index is 434. The molecule has 1 aromatic carbocycles. The number of ether oxygens (including phenoxy) is 1. The number of likely N-dealkylation sites (tertiary alicyclic amines) is 1. The zero-order valence-electron chi connectivity index (χ0n) is 11.5. The van der Waals surface area contributed by atoms with E-state index in [1.807, 2.05) is 44.2 Å². The predicted octanol–water partition coefficient (Wildman–Crippen LogP) is 2.56. The Labute approximate surface area is 114 Å². The van der Waals surface area contributed by atoms with Gasteiger partial charge in [0.1, 0.15) is 6.61 Å². The van der Waals surface area contributed by atoms with Crippen LogP contribution in [0.15, 0.2) is 30.3 Å². The summed E-state index contributed by atoms with van der Waals surface area (Å²) in [5, 5.41) is 10.3. The van der Waals surface area contributed by atoms with Crippen LogP contribution in [-0.2, 0) is 11.3 Å². The molecule has 0 spiro atoms. The minimum absolute atomic E-state index is 0.194. The van der Waals surface area contributed by atoms with Crippen LogP contribution in [0, 0.1) is 0 Å². The van der Waals surface area contributed by atoms with E-state index in [9.17, 15) is 9.90 Å². The van der Waals surface area contributed by atoms with Gasteiger partial charge in [-0.1, -0.05) is 37.3 Å². The number of carbonyl (C=O) groups is 1. The van der Waals surface area contributed by atoms with E-state index >= 15 is 0 Å². The highest BCUT2D eigenvalue weighted by Gasteiger charge is 2.44. The second-order valence-electron chi connectivity index (χ2n) is 5.12. The van der Waals surface area contributed by atoms with E-state index in [1.54, 1.807) is 4.90 Å². The molecule has 1 amide bonds. The van der Waals surface area contributed by atoms with Crippen molar-refractivity contribution < 1.29 is 14.6 Å². The Morgan fingerprint density at radius 2 is 2.16 bits per heavy atom. The Morgan fingerprint density at radius 3 is 2.74 bits per heavy atom. The highest BCUT2D eigenvalue weighted by atomic mass is 16.6. The number of hydrogen-bond donors (Lipinski definition) is 1. The Kier molecular flexibility index (Phi) is 4.10. The molecule has 0 saturated carbocycles. The van der Waals surface area contributed by atoms with Crippen LogP contribution in [0.25, 0.3) is 0 Å². The van der Waals surface area contributed by atoms with Gasteiger partial charge in [0, 0.05) is 6.54 Å². The van der Waals surface area contributed by atoms with E-state index < -0.39 is 5.60 Å². The van der Waals surface area contributed by atoms with Crippen molar-refractivity contribution in [3.05, 3.63) is 35.9 Å². The molecule has 0 radical (unpaired) electrons. The third-order valence-corrected chi connectivity index (χ3v) is 4.08. The third-order valence-electron chi connectivity index (χ3n) is 4.08. The van der Waals surface area contributed by atoms with Crippen molar-refractivity contribution in [2.75, 3.05) is 6.54 Å². The van der Waals surface area contributed by atoms with Crippen molar-refractivity contribution in [3.8, 4) is 0 Å². The van der Waals surface area contributed by atoms with Gasteiger partial charge in [-0.05, 0) is 25.3 Å². The lowest BCUT2D eigenvalue weighted by Crippen LogP contribution is -2.44. The number of carbonyl (C=O) groups excluding carboxylic acids is 1. The fourth-order valence-electron chi connectivity index (χ4n) is 2.53. The van der Waals surface area contributed by atoms with Crippen molar-refractivity contribution in [1.29, 1.82) is 0 Å². The van der Waals surface area contributed by atoms with Crippen LogP contribution in [0.4, 0.5) is 4.79 Å². The molecule has 1 aromatic rings. The molecule has 104 valence electrons. The van der Waals surface area contributed by atoms with Crippen molar-refractivity contribution in [3.63, 3.8) is 0 Å². The summed E-state index contributed by atoms with van der Waals surface area (Å²) in [5.41, 5.74) is 0.194. The summed E-state index contributed by atoms with van der Waals surface area (Å²) in [5.74, 6) is 0. The van der Waals surface area contributed by atoms with E-state index in [2.05, 4.69) is 0 Å². The first-order valence-corrected chi connectivity index (χ1v) is 6.76. The molecular weight excluding hydrogens is 242 g/mol. The van der Waals surface area contributed by atoms with Crippen LogP contribution in [0.2, 0.25) is 0 Å². The summed E-state index contributed by atoms with van der Waals surface area (Å²) < 4.78 is 5.30. The van der Waals surface area contributed by atoms with Crippen molar-refractivity contribution in [1.82, 2.24) is 4.90 Å². The zero-order chi connectivity index (χ0) is 13.9. The highest BCUT2D eigenvalue weighted by Crippen LogP contribution is 2.31. The van der Waals surface area contributed by atoms with Crippen LogP contribution >= 0.6 is 0 Å². The molecule has 2 atom stereocenters. The van der Waals surface area contributed by atoms with E-state index in [-0.39, 0.29) is 18.7 Å². The average molecular weight is 263 g/mol. The summed E-state index contributed by atoms with van der Waals surface area (Å²) >= 11 is 0. The van der Waals surface area contributed by atoms with Gasteiger partial charge in [0.05, 0.1) is 11.6 Å². The van der Waals surface area contributed by atoms with Crippen LogP contribution in [0.3, 0.4) is 0 Å². The van der Waals surface area contributed by atoms with E-state index in [0.29, 0.717) is 19.4 Å². The summed E-state index contributed by atoms with van der Waals surface area (Å²) in [6.45, 7) is 4.64. The number of hydrogen-bond acceptors (Lipinski definition) is 3. The van der Waals surface area contributed by atoms with Crippen molar-refractivity contribution in [2.45, 2.75) is 44.9 Å². The molecule has 1 heterocycles. The fraction of sp³-hybridized carbons (Fsp3) is 0.533. The molecular formula is C15H21NO3. The molecule has 1 fully saturated rings. The van der Waals surface area contributed by atoms with Crippen LogP contribution in [0.1, 0.15) is 32.3 Å². The Balaban J connectivity index is 1.91. The average Bonchev–Trinajstić information content (AvgIpc) is 2.74. The van der Waals surface area contributed by atoms with Gasteiger partial charge in [-0.3, -0.25) is 0 Å². The van der Waals surface area contributed by atoms with Crippen LogP contribution in [-0.4, -0.2) is 34.3 Å². The lowest BCUT2D eigenvalue weighted by Gasteiger charge is -2.29. The summed E-state index contributed by atoms with van der Waals surface area (Å²) in [6, 6.07) is 9.40. The molecule has 0 bridgehead atoms. The maximum atomic E-state index is 12.0. The lowest BCUT2D eigenvalue weighted by atomic mass is 9.93. The quantitative estimate of drug-likeness (QED) is 0.911. The van der Waals surface area contributed by atoms with E-state index in [4.69, 9.17) is 4.74 Å². The normalized spacial score (nSPS) is 26.5. The van der Waals surface area contributed by atoms with Crippen molar-refractivity contribution >= 4 is 6.09 Å². The SMILES string of the molecule is CC[C@]1(O)CCN(C(=O)OCc2ccccc2)[C@H]1C. The van der Waals surface area contributed by atoms with Gasteiger partial charge < -0.3 is 14.7 Å². The molecule has 2 rings (SSSR count). The molecule has 1 aliphatic heterocycles. The van der Waals surface area contributed by atoms with Gasteiger partial charge in [0.15, 0.2) is 0 Å². The monoisotopic (exact) mass is 263 g/mol. The molecule has 4 heteroatoms. The fourth-order valence-corrected chi connectivity index (χ4v) is 2.53. The first kappa shape index (κ1) is 13.9. The first-order chi connectivity index (χ1) is 9.07. The van der Waals surface area contributed by atoms with Gasteiger partial charge in [0.2, 0.25) is 0 Å². The Morgan fingerprint density at radius 1 is 1.47 bits per heavy atom. The minimum Gasteiger partial charge on any atom is -0.445 e. The minimum atomic E-state index is -0.772. The van der Waals surface area contributed by atoms with Crippen LogP contribution < -0.4 is 0 Å². The molecule has 1 N–H and O–H groups in total. The third kappa shape index (κ3) is 2.89. The first-order valence-electron chi connectivity index (χ1n) is 6.76. The molecule has 1 saturated heterocycles. The molecule has 1 aliphatic rings. The predicted molar refractivity (Wildman–Crippen MR) is 72.7 cm³/mol. The Hall–Kier alpha value is -1.55. The van der Waals surface area contributed by atoms with Gasteiger partial charge >= 0.3 is 6.09 Å². The maximum absolute atomic E-state index is 12.0. The number of amides is 1. The van der Waals surface area contributed by atoms with Crippen LogP contribution in [0.5, 0.6) is 0 Å². The molecule has 4 nitrogen and oxygen atoms in total. The molecule has 0 aromatic heterocycles. The largest absolute Gasteiger partial charge is 0.445 e. The molecule has 19 heavy (non-hydrogen) atoms. The summed E-state index contributed by atoms with van der Waals surface area (Å²) in [4.78, 5) is 13.6. The highest BCUT2D eigenvalue weighted by molar-refractivity contribution is 5.68. The van der Waals surface area contributed by atoms with Gasteiger partial charge in [-0.2, -0.15) is 0 Å². The van der Waals surface area contributed by atoms with E-state index in [1.165, 1.54) is 0 Å². The van der Waals surface area contributed by atoms with Crippen molar-refractivity contribution in [2.24, 2.45) is 0 Å². The van der Waals surface area contributed by atoms with Gasteiger partial charge in [-0.15, -0.1) is 0 Å². The second-order valence-corrected chi connectivity index (χ2v) is 5.12. The smallest absolute Gasteiger partial charge is 0.410 e. The van der Waals surface area contributed by atoms with E-state index in [0.717, 1.165) is 5.56 Å². The van der Waals surface area contributed by atoms with Gasteiger partial charge in [-0.25, -0.2) is 4.79 Å². The zero-order valence-corrected chi connectivity index (χ0v) is 11.5.